The van der Waals surface area contributed by atoms with Gasteiger partial charge in [0.15, 0.2) is 0 Å². The number of halogens is 1. The van der Waals surface area contributed by atoms with E-state index in [-0.39, 0.29) is 15.5 Å². The highest BCUT2D eigenvalue weighted by molar-refractivity contribution is 7.89. The molecule has 5 nitrogen and oxygen atoms in total. The predicted octanol–water partition coefficient (Wildman–Crippen LogP) is 2.21. The van der Waals surface area contributed by atoms with Gasteiger partial charge in [-0.25, -0.2) is 17.9 Å². The third-order valence-corrected chi connectivity index (χ3v) is 4.26. The first-order valence-electron chi connectivity index (χ1n) is 5.80. The number of carbonyl (C=O) groups excluding carboxylic acids is 1. The lowest BCUT2D eigenvalue weighted by atomic mass is 10.2. The third-order valence-electron chi connectivity index (χ3n) is 2.48. The molecule has 0 radical (unpaired) electrons. The molecule has 0 heterocycles. The van der Waals surface area contributed by atoms with Crippen LogP contribution in [-0.2, 0) is 14.8 Å². The number of hydrogen-bond acceptors (Lipinski definition) is 4. The quantitative estimate of drug-likeness (QED) is 0.646. The van der Waals surface area contributed by atoms with E-state index in [2.05, 4.69) is 9.46 Å². The fourth-order valence-corrected chi connectivity index (χ4v) is 2.70. The van der Waals surface area contributed by atoms with Gasteiger partial charge in [0.1, 0.15) is 0 Å². The van der Waals surface area contributed by atoms with Gasteiger partial charge in [0.2, 0.25) is 10.0 Å². The van der Waals surface area contributed by atoms with Crippen LogP contribution in [0.25, 0.3) is 0 Å². The molecule has 0 unspecified atom stereocenters. The maximum absolute atomic E-state index is 12.0. The Morgan fingerprint density at radius 3 is 2.68 bits per heavy atom. The van der Waals surface area contributed by atoms with Crippen molar-refractivity contribution in [3.8, 4) is 0 Å². The van der Waals surface area contributed by atoms with Crippen molar-refractivity contribution >= 4 is 27.6 Å². The largest absolute Gasteiger partial charge is 0.465 e. The predicted molar refractivity (Wildman–Crippen MR) is 72.9 cm³/mol. The van der Waals surface area contributed by atoms with Crippen molar-refractivity contribution in [1.82, 2.24) is 4.72 Å². The van der Waals surface area contributed by atoms with Gasteiger partial charge in [-0.2, -0.15) is 0 Å². The monoisotopic (exact) mass is 305 g/mol. The van der Waals surface area contributed by atoms with Crippen LogP contribution in [0.4, 0.5) is 0 Å². The van der Waals surface area contributed by atoms with E-state index in [0.29, 0.717) is 6.54 Å². The number of hydrogen-bond donors (Lipinski definition) is 1. The summed E-state index contributed by atoms with van der Waals surface area (Å²) in [6.45, 7) is 2.32. The zero-order valence-electron chi connectivity index (χ0n) is 10.8. The van der Waals surface area contributed by atoms with Crippen molar-refractivity contribution in [1.29, 1.82) is 0 Å². The summed E-state index contributed by atoms with van der Waals surface area (Å²) in [7, 11) is -2.42. The van der Waals surface area contributed by atoms with Crippen molar-refractivity contribution in [2.45, 2.75) is 24.7 Å². The Bertz CT molecular complexity index is 557. The number of sulfonamides is 1. The molecule has 0 aliphatic heterocycles. The molecule has 106 valence electrons. The van der Waals surface area contributed by atoms with E-state index in [0.717, 1.165) is 12.8 Å². The van der Waals surface area contributed by atoms with Crippen molar-refractivity contribution in [3.05, 3.63) is 28.8 Å². The number of benzene rings is 1. The van der Waals surface area contributed by atoms with Gasteiger partial charge in [-0.3, -0.25) is 0 Å². The molecule has 0 bridgehead atoms. The van der Waals surface area contributed by atoms with Crippen molar-refractivity contribution in [3.63, 3.8) is 0 Å². The Morgan fingerprint density at radius 1 is 1.42 bits per heavy atom. The van der Waals surface area contributed by atoms with E-state index >= 15 is 0 Å². The highest BCUT2D eigenvalue weighted by Gasteiger charge is 2.18. The second-order valence-corrected chi connectivity index (χ2v) is 6.06. The van der Waals surface area contributed by atoms with Crippen LogP contribution in [-0.4, -0.2) is 28.0 Å². The molecule has 0 aliphatic carbocycles. The molecule has 0 saturated carbocycles. The fourth-order valence-electron chi connectivity index (χ4n) is 1.40. The van der Waals surface area contributed by atoms with Gasteiger partial charge in [-0.15, -0.1) is 0 Å². The Hall–Kier alpha value is -1.11. The Labute approximate surface area is 118 Å². The van der Waals surface area contributed by atoms with Crippen LogP contribution in [0.1, 0.15) is 30.1 Å². The van der Waals surface area contributed by atoms with Crippen molar-refractivity contribution in [2.24, 2.45) is 0 Å². The molecule has 1 aromatic carbocycles. The summed E-state index contributed by atoms with van der Waals surface area (Å²) in [6.07, 6.45) is 1.63. The Morgan fingerprint density at radius 2 is 2.11 bits per heavy atom. The number of methoxy groups -OCH3 is 1. The second-order valence-electron chi connectivity index (χ2n) is 3.88. The minimum absolute atomic E-state index is 0.00611. The number of unbranched alkanes of at least 4 members (excludes halogenated alkanes) is 1. The first kappa shape index (κ1) is 15.9. The molecule has 7 heteroatoms. The number of rotatable bonds is 6. The van der Waals surface area contributed by atoms with Crippen LogP contribution >= 0.6 is 11.6 Å². The third kappa shape index (κ3) is 4.19. The number of ether oxygens (including phenoxy) is 1. The summed E-state index contributed by atoms with van der Waals surface area (Å²) in [4.78, 5) is 11.4. The zero-order chi connectivity index (χ0) is 14.5. The van der Waals surface area contributed by atoms with E-state index < -0.39 is 16.0 Å². The normalized spacial score (nSPS) is 11.3. The van der Waals surface area contributed by atoms with E-state index in [1.807, 2.05) is 6.92 Å². The molecule has 0 saturated heterocycles. The highest BCUT2D eigenvalue weighted by Crippen LogP contribution is 2.21. The van der Waals surface area contributed by atoms with E-state index in [9.17, 15) is 13.2 Å². The fraction of sp³-hybridized carbons (Fsp3) is 0.417. The molecule has 0 aliphatic rings. The standard InChI is InChI=1S/C12H16ClNO4S/c1-3-4-7-14-19(16,17)9-5-6-11(13)10(8-9)12(15)18-2/h5-6,8,14H,3-4,7H2,1-2H3. The topological polar surface area (TPSA) is 72.5 Å². The van der Waals surface area contributed by atoms with Gasteiger partial charge in [-0.1, -0.05) is 24.9 Å². The Kier molecular flexibility index (Phi) is 5.78. The second kappa shape index (κ2) is 6.88. The van der Waals surface area contributed by atoms with E-state index in [1.54, 1.807) is 0 Å². The first-order valence-corrected chi connectivity index (χ1v) is 7.66. The summed E-state index contributed by atoms with van der Waals surface area (Å²) in [5.74, 6) is -0.671. The van der Waals surface area contributed by atoms with Crippen LogP contribution in [0.3, 0.4) is 0 Å². The summed E-state index contributed by atoms with van der Waals surface area (Å²) < 4.78 is 31.0. The molecule has 0 spiro atoms. The number of carbonyl (C=O) groups is 1. The zero-order valence-corrected chi connectivity index (χ0v) is 12.3. The number of nitrogens with one attached hydrogen (secondary N) is 1. The molecule has 1 aromatic rings. The SMILES string of the molecule is CCCCNS(=O)(=O)c1ccc(Cl)c(C(=O)OC)c1. The molecular formula is C12H16ClNO4S. The molecule has 1 N–H and O–H groups in total. The van der Waals surface area contributed by atoms with Gasteiger partial charge in [-0.05, 0) is 24.6 Å². The summed E-state index contributed by atoms with van der Waals surface area (Å²) in [6, 6.07) is 3.92. The molecular weight excluding hydrogens is 290 g/mol. The van der Waals surface area contributed by atoms with Crippen LogP contribution in [0.15, 0.2) is 23.1 Å². The van der Waals surface area contributed by atoms with Crippen molar-refractivity contribution < 1.29 is 17.9 Å². The van der Waals surface area contributed by atoms with Gasteiger partial charge >= 0.3 is 5.97 Å². The molecule has 0 amide bonds. The number of esters is 1. The lowest BCUT2D eigenvalue weighted by Crippen LogP contribution is -2.25. The lowest BCUT2D eigenvalue weighted by molar-refractivity contribution is 0.0600. The smallest absolute Gasteiger partial charge is 0.339 e. The van der Waals surface area contributed by atoms with Crippen LogP contribution in [0.5, 0.6) is 0 Å². The molecule has 0 fully saturated rings. The lowest BCUT2D eigenvalue weighted by Gasteiger charge is -2.08. The average Bonchev–Trinajstić information content (AvgIpc) is 2.38. The Balaban J connectivity index is 3.04. The summed E-state index contributed by atoms with van der Waals surface area (Å²) in [5.41, 5.74) is 0.0301. The van der Waals surface area contributed by atoms with Gasteiger partial charge in [0.25, 0.3) is 0 Å². The molecule has 0 atom stereocenters. The molecule has 1 rings (SSSR count). The summed E-state index contributed by atoms with van der Waals surface area (Å²) >= 11 is 5.83. The summed E-state index contributed by atoms with van der Waals surface area (Å²) in [5, 5.41) is 0.152. The van der Waals surface area contributed by atoms with Crippen LogP contribution < -0.4 is 4.72 Å². The average molecular weight is 306 g/mol. The first-order chi connectivity index (χ1) is 8.92. The molecule has 0 aromatic heterocycles. The van der Waals surface area contributed by atoms with E-state index in [1.165, 1.54) is 25.3 Å². The van der Waals surface area contributed by atoms with Crippen LogP contribution in [0, 0.1) is 0 Å². The maximum atomic E-state index is 12.0. The highest BCUT2D eigenvalue weighted by atomic mass is 35.5. The maximum Gasteiger partial charge on any atom is 0.339 e. The minimum atomic E-state index is -3.63. The van der Waals surface area contributed by atoms with Gasteiger partial charge in [0, 0.05) is 6.54 Å². The van der Waals surface area contributed by atoms with Crippen molar-refractivity contribution in [2.75, 3.05) is 13.7 Å². The molecule has 19 heavy (non-hydrogen) atoms. The van der Waals surface area contributed by atoms with Gasteiger partial charge in [0.05, 0.1) is 22.6 Å². The van der Waals surface area contributed by atoms with E-state index in [4.69, 9.17) is 11.6 Å². The minimum Gasteiger partial charge on any atom is -0.465 e. The van der Waals surface area contributed by atoms with Crippen LogP contribution in [0.2, 0.25) is 5.02 Å². The van der Waals surface area contributed by atoms with Gasteiger partial charge < -0.3 is 4.74 Å².